The lowest BCUT2D eigenvalue weighted by atomic mass is 10.2. The second-order valence-electron chi connectivity index (χ2n) is 7.66. The Morgan fingerprint density at radius 2 is 1.97 bits per heavy atom. The standard InChI is InChI=1S/C22H32N6O2.HI/c1-3-23-22(27-10-9-20(17-27)26-12-14-30-15-13-26)24-16-18-8-11-28(25-18)19-4-6-21(29-2)7-5-19;/h4-8,11,20H,3,9-10,12-17H2,1-2H3,(H,23,24);1H. The SMILES string of the molecule is CCNC(=NCc1ccn(-c2ccc(OC)cc2)n1)N1CCC(N2CCOCC2)C1.I. The van der Waals surface area contributed by atoms with Crippen molar-refractivity contribution in [1.29, 1.82) is 0 Å². The third-order valence-corrected chi connectivity index (χ3v) is 5.73. The number of ether oxygens (including phenoxy) is 2. The van der Waals surface area contributed by atoms with Crippen LogP contribution in [0.4, 0.5) is 0 Å². The molecule has 2 saturated heterocycles. The van der Waals surface area contributed by atoms with Gasteiger partial charge in [-0.1, -0.05) is 0 Å². The molecule has 4 rings (SSSR count). The average molecular weight is 540 g/mol. The van der Waals surface area contributed by atoms with E-state index in [2.05, 4.69) is 27.1 Å². The maximum atomic E-state index is 5.50. The lowest BCUT2D eigenvalue weighted by molar-refractivity contribution is 0.0195. The number of hydrogen-bond acceptors (Lipinski definition) is 5. The van der Waals surface area contributed by atoms with Crippen LogP contribution in [0.1, 0.15) is 19.0 Å². The Morgan fingerprint density at radius 3 is 2.68 bits per heavy atom. The summed E-state index contributed by atoms with van der Waals surface area (Å²) in [5.74, 6) is 1.82. The normalized spacial score (nSPS) is 19.9. The summed E-state index contributed by atoms with van der Waals surface area (Å²) >= 11 is 0. The first-order chi connectivity index (χ1) is 14.8. The van der Waals surface area contributed by atoms with Gasteiger partial charge in [0.05, 0.1) is 38.2 Å². The number of guanidine groups is 1. The number of nitrogens with one attached hydrogen (secondary N) is 1. The first kappa shape index (κ1) is 23.8. The lowest BCUT2D eigenvalue weighted by Crippen LogP contribution is -2.46. The van der Waals surface area contributed by atoms with Crippen LogP contribution in [0.25, 0.3) is 5.69 Å². The minimum Gasteiger partial charge on any atom is -0.497 e. The second kappa shape index (κ2) is 11.7. The van der Waals surface area contributed by atoms with Gasteiger partial charge in [0.25, 0.3) is 0 Å². The summed E-state index contributed by atoms with van der Waals surface area (Å²) in [7, 11) is 1.67. The fourth-order valence-corrected chi connectivity index (χ4v) is 4.08. The molecule has 1 aromatic heterocycles. The highest BCUT2D eigenvalue weighted by Gasteiger charge is 2.30. The number of rotatable bonds is 6. The number of aliphatic imine (C=N–C) groups is 1. The van der Waals surface area contributed by atoms with Gasteiger partial charge in [0.2, 0.25) is 0 Å². The number of hydrogen-bond donors (Lipinski definition) is 1. The Morgan fingerprint density at radius 1 is 1.19 bits per heavy atom. The fourth-order valence-electron chi connectivity index (χ4n) is 4.08. The molecule has 9 heteroatoms. The van der Waals surface area contributed by atoms with Gasteiger partial charge in [0.15, 0.2) is 5.96 Å². The van der Waals surface area contributed by atoms with E-state index in [0.29, 0.717) is 12.6 Å². The van der Waals surface area contributed by atoms with Gasteiger partial charge in [0.1, 0.15) is 5.75 Å². The summed E-state index contributed by atoms with van der Waals surface area (Å²) in [5.41, 5.74) is 1.95. The molecule has 31 heavy (non-hydrogen) atoms. The van der Waals surface area contributed by atoms with E-state index in [1.165, 1.54) is 6.42 Å². The number of methoxy groups -OCH3 is 1. The Balaban J connectivity index is 0.00000272. The van der Waals surface area contributed by atoms with Crippen molar-refractivity contribution in [2.75, 3.05) is 53.0 Å². The monoisotopic (exact) mass is 540 g/mol. The lowest BCUT2D eigenvalue weighted by Gasteiger charge is -2.32. The number of benzene rings is 1. The molecule has 0 aliphatic carbocycles. The molecule has 1 aromatic carbocycles. The zero-order chi connectivity index (χ0) is 20.8. The summed E-state index contributed by atoms with van der Waals surface area (Å²) < 4.78 is 12.6. The van der Waals surface area contributed by atoms with Gasteiger partial charge in [-0.05, 0) is 43.7 Å². The molecular formula is C22H33IN6O2. The van der Waals surface area contributed by atoms with Crippen LogP contribution in [0.15, 0.2) is 41.5 Å². The van der Waals surface area contributed by atoms with Crippen LogP contribution in [-0.4, -0.2) is 84.6 Å². The van der Waals surface area contributed by atoms with Crippen molar-refractivity contribution >= 4 is 29.9 Å². The van der Waals surface area contributed by atoms with E-state index in [9.17, 15) is 0 Å². The largest absolute Gasteiger partial charge is 0.497 e. The summed E-state index contributed by atoms with van der Waals surface area (Å²) in [6.45, 7) is 9.36. The molecule has 8 nitrogen and oxygen atoms in total. The van der Waals surface area contributed by atoms with Crippen LogP contribution in [-0.2, 0) is 11.3 Å². The highest BCUT2D eigenvalue weighted by atomic mass is 127. The van der Waals surface area contributed by atoms with Crippen molar-refractivity contribution in [2.24, 2.45) is 4.99 Å². The third-order valence-electron chi connectivity index (χ3n) is 5.73. The first-order valence-corrected chi connectivity index (χ1v) is 10.8. The minimum absolute atomic E-state index is 0. The van der Waals surface area contributed by atoms with Crippen molar-refractivity contribution in [1.82, 2.24) is 24.9 Å². The van der Waals surface area contributed by atoms with E-state index in [0.717, 1.165) is 69.0 Å². The predicted octanol–water partition coefficient (Wildman–Crippen LogP) is 2.37. The van der Waals surface area contributed by atoms with E-state index in [1.54, 1.807) is 7.11 Å². The third kappa shape index (κ3) is 6.11. The van der Waals surface area contributed by atoms with Gasteiger partial charge in [-0.2, -0.15) is 5.10 Å². The Kier molecular flexibility index (Phi) is 8.97. The quantitative estimate of drug-likeness (QED) is 0.345. The van der Waals surface area contributed by atoms with Crippen LogP contribution < -0.4 is 10.1 Å². The van der Waals surface area contributed by atoms with Crippen LogP contribution >= 0.6 is 24.0 Å². The number of likely N-dealkylation sites (tertiary alicyclic amines) is 1. The smallest absolute Gasteiger partial charge is 0.194 e. The van der Waals surface area contributed by atoms with E-state index in [1.807, 2.05) is 41.2 Å². The summed E-state index contributed by atoms with van der Waals surface area (Å²) in [5, 5.41) is 8.14. The molecule has 2 aliphatic heterocycles. The molecule has 2 aliphatic rings. The zero-order valence-corrected chi connectivity index (χ0v) is 20.7. The highest BCUT2D eigenvalue weighted by Crippen LogP contribution is 2.18. The number of aromatic nitrogens is 2. The number of morpholine rings is 1. The molecule has 0 bridgehead atoms. The summed E-state index contributed by atoms with van der Waals surface area (Å²) in [6.07, 6.45) is 3.15. The maximum Gasteiger partial charge on any atom is 0.194 e. The van der Waals surface area contributed by atoms with E-state index in [4.69, 9.17) is 14.5 Å². The Bertz CT molecular complexity index is 835. The van der Waals surface area contributed by atoms with Gasteiger partial charge in [-0.25, -0.2) is 9.67 Å². The molecule has 0 spiro atoms. The van der Waals surface area contributed by atoms with Crippen molar-refractivity contribution < 1.29 is 9.47 Å². The van der Waals surface area contributed by atoms with Crippen LogP contribution in [0.2, 0.25) is 0 Å². The van der Waals surface area contributed by atoms with Gasteiger partial charge >= 0.3 is 0 Å². The molecule has 2 fully saturated rings. The predicted molar refractivity (Wildman–Crippen MR) is 133 cm³/mol. The van der Waals surface area contributed by atoms with Crippen molar-refractivity contribution in [3.8, 4) is 11.4 Å². The maximum absolute atomic E-state index is 5.50. The summed E-state index contributed by atoms with van der Waals surface area (Å²) in [6, 6.07) is 10.5. The van der Waals surface area contributed by atoms with Crippen molar-refractivity contribution in [2.45, 2.75) is 25.9 Å². The van der Waals surface area contributed by atoms with E-state index in [-0.39, 0.29) is 24.0 Å². The van der Waals surface area contributed by atoms with Gasteiger partial charge < -0.3 is 19.7 Å². The van der Waals surface area contributed by atoms with Crippen molar-refractivity contribution in [3.05, 3.63) is 42.2 Å². The molecule has 0 amide bonds. The molecule has 0 radical (unpaired) electrons. The first-order valence-electron chi connectivity index (χ1n) is 10.8. The van der Waals surface area contributed by atoms with Gasteiger partial charge in [-0.3, -0.25) is 4.90 Å². The molecule has 1 N–H and O–H groups in total. The fraction of sp³-hybridized carbons (Fsp3) is 0.545. The highest BCUT2D eigenvalue weighted by molar-refractivity contribution is 14.0. The molecule has 1 unspecified atom stereocenters. The minimum atomic E-state index is 0. The van der Waals surface area contributed by atoms with Gasteiger partial charge in [-0.15, -0.1) is 24.0 Å². The molecular weight excluding hydrogens is 507 g/mol. The number of halogens is 1. The van der Waals surface area contributed by atoms with Crippen LogP contribution in [0.5, 0.6) is 5.75 Å². The summed E-state index contributed by atoms with van der Waals surface area (Å²) in [4.78, 5) is 9.81. The van der Waals surface area contributed by atoms with Crippen LogP contribution in [0, 0.1) is 0 Å². The zero-order valence-electron chi connectivity index (χ0n) is 18.4. The van der Waals surface area contributed by atoms with Crippen molar-refractivity contribution in [3.63, 3.8) is 0 Å². The second-order valence-corrected chi connectivity index (χ2v) is 7.66. The topological polar surface area (TPSA) is 67.2 Å². The van der Waals surface area contributed by atoms with E-state index >= 15 is 0 Å². The molecule has 1 atom stereocenters. The number of nitrogens with zero attached hydrogens (tertiary/aromatic N) is 5. The molecule has 2 aromatic rings. The van der Waals surface area contributed by atoms with Gasteiger partial charge in [0, 0.05) is 45.0 Å². The van der Waals surface area contributed by atoms with Crippen LogP contribution in [0.3, 0.4) is 0 Å². The molecule has 170 valence electrons. The molecule has 0 saturated carbocycles. The average Bonchev–Trinajstić information content (AvgIpc) is 3.47. The Labute approximate surface area is 201 Å². The Hall–Kier alpha value is -1.85. The van der Waals surface area contributed by atoms with E-state index < -0.39 is 0 Å². The molecule has 3 heterocycles.